The van der Waals surface area contributed by atoms with E-state index in [1.165, 1.54) is 4.90 Å². The molecule has 1 aromatic carbocycles. The van der Waals surface area contributed by atoms with Gasteiger partial charge in [-0.05, 0) is 24.0 Å². The summed E-state index contributed by atoms with van der Waals surface area (Å²) < 4.78 is 0. The Hall–Kier alpha value is -1.75. The molecule has 2 aromatic rings. The molecule has 0 aliphatic carbocycles. The highest BCUT2D eigenvalue weighted by Gasteiger charge is 2.05. The molecule has 0 saturated heterocycles. The summed E-state index contributed by atoms with van der Waals surface area (Å²) in [5.41, 5.74) is 13.1. The van der Waals surface area contributed by atoms with Gasteiger partial charge in [0.05, 0.1) is 0 Å². The van der Waals surface area contributed by atoms with Crippen LogP contribution in [-0.4, -0.2) is 16.2 Å². The minimum atomic E-state index is 0.197. The number of nitrogens with two attached hydrogens (primary N) is 2. The third-order valence-electron chi connectivity index (χ3n) is 2.22. The van der Waals surface area contributed by atoms with Crippen LogP contribution in [0.5, 0.6) is 0 Å². The maximum absolute atomic E-state index is 5.81. The zero-order chi connectivity index (χ0) is 11.5. The van der Waals surface area contributed by atoms with Crippen LogP contribution in [0.4, 0.5) is 11.8 Å². The van der Waals surface area contributed by atoms with Gasteiger partial charge in [-0.1, -0.05) is 12.1 Å². The predicted octanol–water partition coefficient (Wildman–Crippen LogP) is 2.03. The molecule has 1 aromatic heterocycles. The fraction of sp³-hybridized carbons (Fsp3) is 0.0909. The van der Waals surface area contributed by atoms with Crippen LogP contribution in [0.3, 0.4) is 0 Å². The molecular formula is C11H12N4S. The van der Waals surface area contributed by atoms with Crippen LogP contribution in [0.15, 0.2) is 35.4 Å². The zero-order valence-electron chi connectivity index (χ0n) is 8.84. The van der Waals surface area contributed by atoms with Crippen molar-refractivity contribution in [3.8, 4) is 11.1 Å². The van der Waals surface area contributed by atoms with Gasteiger partial charge in [0.2, 0.25) is 5.95 Å². The topological polar surface area (TPSA) is 77.8 Å². The molecule has 0 atom stereocenters. The van der Waals surface area contributed by atoms with E-state index in [0.29, 0.717) is 5.82 Å². The number of thioether (sulfide) groups is 1. The summed E-state index contributed by atoms with van der Waals surface area (Å²) in [4.78, 5) is 9.07. The Labute approximate surface area is 98.1 Å². The number of hydrogen-bond acceptors (Lipinski definition) is 5. The van der Waals surface area contributed by atoms with Gasteiger partial charge in [-0.3, -0.25) is 0 Å². The number of benzene rings is 1. The molecule has 4 N–H and O–H groups in total. The van der Waals surface area contributed by atoms with Gasteiger partial charge in [0, 0.05) is 16.7 Å². The maximum Gasteiger partial charge on any atom is 0.221 e. The molecule has 0 unspecified atom stereocenters. The Kier molecular flexibility index (Phi) is 2.96. The van der Waals surface area contributed by atoms with E-state index in [2.05, 4.69) is 16.0 Å². The Morgan fingerprint density at radius 2 is 2.06 bits per heavy atom. The molecule has 0 fully saturated rings. The van der Waals surface area contributed by atoms with Crippen LogP contribution >= 0.6 is 11.8 Å². The highest BCUT2D eigenvalue weighted by atomic mass is 32.2. The Morgan fingerprint density at radius 1 is 1.25 bits per heavy atom. The second-order valence-electron chi connectivity index (χ2n) is 3.26. The van der Waals surface area contributed by atoms with Crippen molar-refractivity contribution in [2.45, 2.75) is 4.90 Å². The number of nitrogen functional groups attached to an aromatic ring is 2. The number of aromatic nitrogens is 2. The zero-order valence-corrected chi connectivity index (χ0v) is 9.66. The van der Waals surface area contributed by atoms with Crippen LogP contribution in [0.1, 0.15) is 0 Å². The SMILES string of the molecule is CSc1cccc(-c2cnc(N)nc2N)c1. The molecule has 0 radical (unpaired) electrons. The molecular weight excluding hydrogens is 220 g/mol. The van der Waals surface area contributed by atoms with E-state index in [9.17, 15) is 0 Å². The third-order valence-corrected chi connectivity index (χ3v) is 2.94. The van der Waals surface area contributed by atoms with Crippen molar-refractivity contribution in [1.82, 2.24) is 9.97 Å². The molecule has 0 aliphatic heterocycles. The molecule has 1 heterocycles. The number of nitrogens with zero attached hydrogens (tertiary/aromatic N) is 2. The summed E-state index contributed by atoms with van der Waals surface area (Å²) in [6.07, 6.45) is 3.68. The molecule has 0 spiro atoms. The van der Waals surface area contributed by atoms with E-state index >= 15 is 0 Å². The lowest BCUT2D eigenvalue weighted by atomic mass is 10.1. The minimum Gasteiger partial charge on any atom is -0.383 e. The molecule has 82 valence electrons. The standard InChI is InChI=1S/C11H12N4S/c1-16-8-4-2-3-7(5-8)9-6-14-11(13)15-10(9)12/h2-6H,1H3,(H4,12,13,14,15). The van der Waals surface area contributed by atoms with Gasteiger partial charge in [-0.25, -0.2) is 4.98 Å². The quantitative estimate of drug-likeness (QED) is 0.775. The number of anilines is 2. The van der Waals surface area contributed by atoms with Gasteiger partial charge in [0.25, 0.3) is 0 Å². The van der Waals surface area contributed by atoms with Crippen molar-refractivity contribution >= 4 is 23.5 Å². The number of hydrogen-bond donors (Lipinski definition) is 2. The largest absolute Gasteiger partial charge is 0.383 e. The Balaban J connectivity index is 2.49. The van der Waals surface area contributed by atoms with Gasteiger partial charge in [-0.15, -0.1) is 11.8 Å². The summed E-state index contributed by atoms with van der Waals surface area (Å²) in [5.74, 6) is 0.605. The van der Waals surface area contributed by atoms with Gasteiger partial charge in [0.1, 0.15) is 5.82 Å². The van der Waals surface area contributed by atoms with E-state index in [0.717, 1.165) is 11.1 Å². The first kappa shape index (κ1) is 10.8. The van der Waals surface area contributed by atoms with Crippen molar-refractivity contribution < 1.29 is 0 Å². The van der Waals surface area contributed by atoms with E-state index in [4.69, 9.17) is 11.5 Å². The van der Waals surface area contributed by atoms with Crippen LogP contribution in [0.25, 0.3) is 11.1 Å². The second kappa shape index (κ2) is 4.40. The van der Waals surface area contributed by atoms with Crippen molar-refractivity contribution in [1.29, 1.82) is 0 Å². The molecule has 2 rings (SSSR count). The van der Waals surface area contributed by atoms with Gasteiger partial charge >= 0.3 is 0 Å². The smallest absolute Gasteiger partial charge is 0.221 e. The van der Waals surface area contributed by atoms with Gasteiger partial charge in [0.15, 0.2) is 0 Å². The van der Waals surface area contributed by atoms with Gasteiger partial charge in [-0.2, -0.15) is 4.98 Å². The van der Waals surface area contributed by atoms with E-state index in [-0.39, 0.29) is 5.95 Å². The van der Waals surface area contributed by atoms with Crippen LogP contribution < -0.4 is 11.5 Å². The fourth-order valence-corrected chi connectivity index (χ4v) is 1.88. The predicted molar refractivity (Wildman–Crippen MR) is 68.1 cm³/mol. The van der Waals surface area contributed by atoms with Crippen molar-refractivity contribution in [3.63, 3.8) is 0 Å². The Morgan fingerprint density at radius 3 is 2.75 bits per heavy atom. The first-order valence-corrected chi connectivity index (χ1v) is 5.95. The first-order valence-electron chi connectivity index (χ1n) is 4.73. The number of rotatable bonds is 2. The van der Waals surface area contributed by atoms with Gasteiger partial charge < -0.3 is 11.5 Å². The van der Waals surface area contributed by atoms with E-state index in [1.807, 2.05) is 24.5 Å². The third kappa shape index (κ3) is 2.09. The molecule has 5 heteroatoms. The molecule has 0 aliphatic rings. The lowest BCUT2D eigenvalue weighted by Crippen LogP contribution is -2.00. The summed E-state index contributed by atoms with van der Waals surface area (Å²) in [7, 11) is 0. The maximum atomic E-state index is 5.81. The molecule has 0 saturated carbocycles. The molecule has 0 amide bonds. The summed E-state index contributed by atoms with van der Waals surface area (Å²) in [6, 6.07) is 8.06. The van der Waals surface area contributed by atoms with Crippen molar-refractivity contribution in [2.24, 2.45) is 0 Å². The minimum absolute atomic E-state index is 0.197. The van der Waals surface area contributed by atoms with Crippen molar-refractivity contribution in [3.05, 3.63) is 30.5 Å². The fourth-order valence-electron chi connectivity index (χ4n) is 1.42. The van der Waals surface area contributed by atoms with Crippen LogP contribution in [-0.2, 0) is 0 Å². The highest BCUT2D eigenvalue weighted by molar-refractivity contribution is 7.98. The second-order valence-corrected chi connectivity index (χ2v) is 4.14. The average molecular weight is 232 g/mol. The Bertz CT molecular complexity index is 513. The molecule has 0 bridgehead atoms. The average Bonchev–Trinajstić information content (AvgIpc) is 2.29. The van der Waals surface area contributed by atoms with E-state index < -0.39 is 0 Å². The monoisotopic (exact) mass is 232 g/mol. The van der Waals surface area contributed by atoms with Crippen molar-refractivity contribution in [2.75, 3.05) is 17.7 Å². The highest BCUT2D eigenvalue weighted by Crippen LogP contribution is 2.27. The van der Waals surface area contributed by atoms with E-state index in [1.54, 1.807) is 18.0 Å². The summed E-state index contributed by atoms with van der Waals surface area (Å²) in [6.45, 7) is 0. The lowest BCUT2D eigenvalue weighted by Gasteiger charge is -2.06. The normalized spacial score (nSPS) is 10.3. The van der Waals surface area contributed by atoms with Crippen LogP contribution in [0, 0.1) is 0 Å². The molecule has 16 heavy (non-hydrogen) atoms. The lowest BCUT2D eigenvalue weighted by molar-refractivity contribution is 1.19. The summed E-state index contributed by atoms with van der Waals surface area (Å²) in [5, 5.41) is 0. The summed E-state index contributed by atoms with van der Waals surface area (Å²) >= 11 is 1.68. The first-order chi connectivity index (χ1) is 7.70. The molecule has 4 nitrogen and oxygen atoms in total. The van der Waals surface area contributed by atoms with Crippen LogP contribution in [0.2, 0.25) is 0 Å².